The van der Waals surface area contributed by atoms with Gasteiger partial charge in [-0.15, -0.1) is 0 Å². The summed E-state index contributed by atoms with van der Waals surface area (Å²) in [6.07, 6.45) is 4.05. The Morgan fingerprint density at radius 2 is 1.86 bits per heavy atom. The number of nitrogens with zero attached hydrogens (tertiary/aromatic N) is 3. The van der Waals surface area contributed by atoms with E-state index in [-0.39, 0.29) is 17.1 Å². The number of amides is 1. The fraction of sp³-hybridized carbons (Fsp3) is 0.714. The maximum Gasteiger partial charge on any atom is 0.498 e. The molecule has 0 N–H and O–H groups in total. The second-order valence-electron chi connectivity index (χ2n) is 6.66. The maximum absolute atomic E-state index is 11.6. The molecule has 1 fully saturated rings. The number of carbonyl (C=O) groups is 1. The van der Waals surface area contributed by atoms with Gasteiger partial charge in [0.1, 0.15) is 0 Å². The maximum atomic E-state index is 11.6. The standard InChI is InChI=1S/C14H24BN3O3/c1-13(2)14(3,4)21-15(20-13)11-9-16-18(10-11)8-7-12(19)17(5)6/h9-10H,7-8H2,1-6H3. The van der Waals surface area contributed by atoms with Crippen molar-refractivity contribution in [3.63, 3.8) is 0 Å². The molecule has 1 aliphatic rings. The number of carbonyl (C=O) groups excluding carboxylic acids is 1. The molecule has 2 rings (SSSR count). The second kappa shape index (κ2) is 5.46. The normalized spacial score (nSPS) is 19.8. The van der Waals surface area contributed by atoms with E-state index >= 15 is 0 Å². The fourth-order valence-corrected chi connectivity index (χ4v) is 2.04. The molecule has 7 heteroatoms. The SMILES string of the molecule is CN(C)C(=O)CCn1cc(B2OC(C)(C)C(C)(C)O2)cn1. The second-order valence-corrected chi connectivity index (χ2v) is 6.66. The molecular weight excluding hydrogens is 269 g/mol. The monoisotopic (exact) mass is 293 g/mol. The molecule has 116 valence electrons. The topological polar surface area (TPSA) is 56.6 Å². The molecule has 0 spiro atoms. The Morgan fingerprint density at radius 1 is 1.29 bits per heavy atom. The van der Waals surface area contributed by atoms with Gasteiger partial charge in [0.2, 0.25) is 5.91 Å². The minimum atomic E-state index is -0.409. The van der Waals surface area contributed by atoms with Crippen molar-refractivity contribution in [1.29, 1.82) is 0 Å². The number of hydrogen-bond acceptors (Lipinski definition) is 4. The van der Waals surface area contributed by atoms with Crippen molar-refractivity contribution in [2.24, 2.45) is 0 Å². The number of aryl methyl sites for hydroxylation is 1. The van der Waals surface area contributed by atoms with E-state index in [1.807, 2.05) is 33.9 Å². The highest BCUT2D eigenvalue weighted by Gasteiger charge is 2.52. The molecule has 0 atom stereocenters. The molecule has 0 aromatic carbocycles. The zero-order valence-corrected chi connectivity index (χ0v) is 13.7. The molecule has 0 saturated carbocycles. The Balaban J connectivity index is 2.00. The van der Waals surface area contributed by atoms with Crippen LogP contribution >= 0.6 is 0 Å². The van der Waals surface area contributed by atoms with E-state index in [2.05, 4.69) is 5.10 Å². The summed E-state index contributed by atoms with van der Waals surface area (Å²) in [6.45, 7) is 8.64. The fourth-order valence-electron chi connectivity index (χ4n) is 2.04. The van der Waals surface area contributed by atoms with E-state index in [9.17, 15) is 4.79 Å². The van der Waals surface area contributed by atoms with Gasteiger partial charge in [0.05, 0.1) is 11.2 Å². The largest absolute Gasteiger partial charge is 0.498 e. The van der Waals surface area contributed by atoms with Crippen molar-refractivity contribution < 1.29 is 14.1 Å². The third-order valence-corrected chi connectivity index (χ3v) is 4.23. The highest BCUT2D eigenvalue weighted by molar-refractivity contribution is 6.61. The summed E-state index contributed by atoms with van der Waals surface area (Å²) in [6, 6.07) is 0. The molecule has 1 amide bonds. The van der Waals surface area contributed by atoms with Gasteiger partial charge in [-0.1, -0.05) is 0 Å². The summed E-state index contributed by atoms with van der Waals surface area (Å²) < 4.78 is 13.7. The van der Waals surface area contributed by atoms with Gasteiger partial charge in [-0.2, -0.15) is 5.10 Å². The molecule has 1 saturated heterocycles. The average molecular weight is 293 g/mol. The highest BCUT2D eigenvalue weighted by Crippen LogP contribution is 2.36. The lowest BCUT2D eigenvalue weighted by Gasteiger charge is -2.32. The molecule has 0 bridgehead atoms. The quantitative estimate of drug-likeness (QED) is 0.765. The van der Waals surface area contributed by atoms with Crippen LogP contribution in [0.3, 0.4) is 0 Å². The summed E-state index contributed by atoms with van der Waals surface area (Å²) in [5.41, 5.74) is 0.160. The first-order valence-electron chi connectivity index (χ1n) is 7.20. The van der Waals surface area contributed by atoms with Crippen molar-refractivity contribution in [2.75, 3.05) is 14.1 Å². The molecule has 2 heterocycles. The minimum absolute atomic E-state index is 0.0858. The molecular formula is C14H24BN3O3. The van der Waals surface area contributed by atoms with E-state index in [4.69, 9.17) is 9.31 Å². The molecule has 1 aromatic heterocycles. The van der Waals surface area contributed by atoms with E-state index < -0.39 is 7.12 Å². The van der Waals surface area contributed by atoms with Crippen molar-refractivity contribution in [1.82, 2.24) is 14.7 Å². The van der Waals surface area contributed by atoms with E-state index in [1.54, 1.807) is 29.9 Å². The van der Waals surface area contributed by atoms with Gasteiger partial charge in [0.15, 0.2) is 0 Å². The first kappa shape index (κ1) is 16.0. The molecule has 0 radical (unpaired) electrons. The average Bonchev–Trinajstić information content (AvgIpc) is 2.89. The third kappa shape index (κ3) is 3.29. The molecule has 1 aliphatic heterocycles. The Bertz CT molecular complexity index is 509. The van der Waals surface area contributed by atoms with Gasteiger partial charge in [-0.25, -0.2) is 0 Å². The summed E-state index contributed by atoms with van der Waals surface area (Å²) in [5.74, 6) is 0.0858. The van der Waals surface area contributed by atoms with Crippen LogP contribution in [0.15, 0.2) is 12.4 Å². The Hall–Kier alpha value is -1.34. The third-order valence-electron chi connectivity index (χ3n) is 4.23. The Labute approximate surface area is 126 Å². The van der Waals surface area contributed by atoms with Crippen LogP contribution in [-0.2, 0) is 20.6 Å². The molecule has 0 unspecified atom stereocenters. The van der Waals surface area contributed by atoms with Crippen LogP contribution in [0.4, 0.5) is 0 Å². The van der Waals surface area contributed by atoms with E-state index in [1.165, 1.54) is 0 Å². The first-order chi connectivity index (χ1) is 9.62. The van der Waals surface area contributed by atoms with Crippen molar-refractivity contribution in [3.8, 4) is 0 Å². The number of rotatable bonds is 4. The number of hydrogen-bond donors (Lipinski definition) is 0. The molecule has 1 aromatic rings. The van der Waals surface area contributed by atoms with Crippen LogP contribution in [0.1, 0.15) is 34.1 Å². The zero-order chi connectivity index (χ0) is 15.8. The lowest BCUT2D eigenvalue weighted by Crippen LogP contribution is -2.41. The molecule has 0 aliphatic carbocycles. The van der Waals surface area contributed by atoms with E-state index in [0.29, 0.717) is 13.0 Å². The van der Waals surface area contributed by atoms with Crippen molar-refractivity contribution >= 4 is 18.5 Å². The van der Waals surface area contributed by atoms with Crippen molar-refractivity contribution in [2.45, 2.75) is 51.9 Å². The van der Waals surface area contributed by atoms with Crippen LogP contribution in [-0.4, -0.2) is 53.0 Å². The van der Waals surface area contributed by atoms with Crippen LogP contribution in [0.25, 0.3) is 0 Å². The summed E-state index contributed by atoms with van der Waals surface area (Å²) >= 11 is 0. The zero-order valence-electron chi connectivity index (χ0n) is 13.7. The van der Waals surface area contributed by atoms with Crippen LogP contribution < -0.4 is 5.46 Å². The lowest BCUT2D eigenvalue weighted by molar-refractivity contribution is -0.128. The molecule has 6 nitrogen and oxygen atoms in total. The Kier molecular flexibility index (Phi) is 4.17. The summed E-state index contributed by atoms with van der Waals surface area (Å²) in [7, 11) is 3.09. The minimum Gasteiger partial charge on any atom is -0.399 e. The van der Waals surface area contributed by atoms with Crippen LogP contribution in [0, 0.1) is 0 Å². The number of aromatic nitrogens is 2. The predicted octanol–water partition coefficient (Wildman–Crippen LogP) is 0.661. The van der Waals surface area contributed by atoms with Gasteiger partial charge in [0, 0.05) is 44.9 Å². The van der Waals surface area contributed by atoms with Gasteiger partial charge >= 0.3 is 7.12 Å². The van der Waals surface area contributed by atoms with Gasteiger partial charge in [0.25, 0.3) is 0 Å². The van der Waals surface area contributed by atoms with Gasteiger partial charge in [-0.3, -0.25) is 9.48 Å². The summed E-state index contributed by atoms with van der Waals surface area (Å²) in [4.78, 5) is 13.2. The van der Waals surface area contributed by atoms with Crippen LogP contribution in [0.5, 0.6) is 0 Å². The Morgan fingerprint density at radius 3 is 2.38 bits per heavy atom. The summed E-state index contributed by atoms with van der Waals surface area (Å²) in [5, 5.41) is 4.27. The first-order valence-corrected chi connectivity index (χ1v) is 7.20. The van der Waals surface area contributed by atoms with Gasteiger partial charge in [-0.05, 0) is 27.7 Å². The lowest BCUT2D eigenvalue weighted by atomic mass is 9.82. The van der Waals surface area contributed by atoms with E-state index in [0.717, 1.165) is 5.46 Å². The molecule has 21 heavy (non-hydrogen) atoms. The van der Waals surface area contributed by atoms with Crippen molar-refractivity contribution in [3.05, 3.63) is 12.4 Å². The van der Waals surface area contributed by atoms with Gasteiger partial charge < -0.3 is 14.2 Å². The highest BCUT2D eigenvalue weighted by atomic mass is 16.7. The smallest absolute Gasteiger partial charge is 0.399 e. The van der Waals surface area contributed by atoms with Crippen LogP contribution in [0.2, 0.25) is 0 Å². The predicted molar refractivity (Wildman–Crippen MR) is 81.3 cm³/mol.